The second-order valence-corrected chi connectivity index (χ2v) is 9.87. The van der Waals surface area contributed by atoms with Gasteiger partial charge in [0.1, 0.15) is 0 Å². The second-order valence-electron chi connectivity index (χ2n) is 8.06. The average molecular weight is 427 g/mol. The van der Waals surface area contributed by atoms with Crippen molar-refractivity contribution in [1.29, 1.82) is 0 Å². The standard InChI is InChI=1S/C24H30N2O3S/c1-19-9-10-23(20(2)17-19)18-25(3)24(27)22-11-14-26(15-12-22)30(28,29)16-13-21-7-5-4-6-8-21/h4-10,13,16-17,22H,11-12,14-15,18H2,1-3H3/b16-13+. The lowest BCUT2D eigenvalue weighted by Crippen LogP contribution is -2.42. The third-order valence-corrected chi connectivity index (χ3v) is 7.24. The molecule has 3 rings (SSSR count). The Labute approximate surface area is 180 Å². The number of piperidine rings is 1. The molecule has 0 spiro atoms. The number of benzene rings is 2. The molecule has 0 radical (unpaired) electrons. The van der Waals surface area contributed by atoms with Crippen LogP contribution in [0.1, 0.15) is 35.1 Å². The first-order valence-electron chi connectivity index (χ1n) is 10.3. The molecule has 1 heterocycles. The van der Waals surface area contributed by atoms with Crippen LogP contribution in [0.15, 0.2) is 53.9 Å². The van der Waals surface area contributed by atoms with Gasteiger partial charge < -0.3 is 4.90 Å². The van der Waals surface area contributed by atoms with Gasteiger partial charge in [-0.2, -0.15) is 4.31 Å². The molecule has 0 bridgehead atoms. The van der Waals surface area contributed by atoms with Crippen molar-refractivity contribution in [2.45, 2.75) is 33.2 Å². The molecule has 0 aliphatic carbocycles. The van der Waals surface area contributed by atoms with Gasteiger partial charge in [-0.05, 0) is 49.5 Å². The Hall–Kier alpha value is -2.44. The molecule has 0 aromatic heterocycles. The molecule has 5 nitrogen and oxygen atoms in total. The molecule has 1 aliphatic rings. The Morgan fingerprint density at radius 1 is 1.10 bits per heavy atom. The van der Waals surface area contributed by atoms with Crippen LogP contribution in [0.5, 0.6) is 0 Å². The molecule has 1 amide bonds. The first-order valence-corrected chi connectivity index (χ1v) is 11.8. The topological polar surface area (TPSA) is 57.7 Å². The van der Waals surface area contributed by atoms with Crippen molar-refractivity contribution in [3.63, 3.8) is 0 Å². The summed E-state index contributed by atoms with van der Waals surface area (Å²) in [4.78, 5) is 14.7. The Kier molecular flexibility index (Phi) is 7.10. The Bertz CT molecular complexity index is 1010. The lowest BCUT2D eigenvalue weighted by molar-refractivity contribution is -0.135. The predicted molar refractivity (Wildman–Crippen MR) is 121 cm³/mol. The van der Waals surface area contributed by atoms with Crippen LogP contribution >= 0.6 is 0 Å². The van der Waals surface area contributed by atoms with E-state index in [0.29, 0.717) is 32.5 Å². The van der Waals surface area contributed by atoms with Crippen molar-refractivity contribution >= 4 is 22.0 Å². The third kappa shape index (κ3) is 5.58. The summed E-state index contributed by atoms with van der Waals surface area (Å²) in [6.45, 7) is 5.43. The number of carbonyl (C=O) groups excluding carboxylic acids is 1. The van der Waals surface area contributed by atoms with Gasteiger partial charge >= 0.3 is 0 Å². The van der Waals surface area contributed by atoms with Crippen molar-refractivity contribution in [3.05, 3.63) is 76.2 Å². The third-order valence-electron chi connectivity index (χ3n) is 5.68. The van der Waals surface area contributed by atoms with E-state index in [2.05, 4.69) is 32.0 Å². The van der Waals surface area contributed by atoms with Gasteiger partial charge in [-0.3, -0.25) is 4.79 Å². The largest absolute Gasteiger partial charge is 0.341 e. The van der Waals surface area contributed by atoms with E-state index in [1.54, 1.807) is 11.0 Å². The van der Waals surface area contributed by atoms with E-state index in [1.165, 1.54) is 20.8 Å². The fraction of sp³-hybridized carbons (Fsp3) is 0.375. The molecule has 6 heteroatoms. The number of sulfonamides is 1. The van der Waals surface area contributed by atoms with Crippen LogP contribution < -0.4 is 0 Å². The van der Waals surface area contributed by atoms with Gasteiger partial charge in [-0.25, -0.2) is 8.42 Å². The van der Waals surface area contributed by atoms with Gasteiger partial charge in [0.15, 0.2) is 0 Å². The second kappa shape index (κ2) is 9.58. The van der Waals surface area contributed by atoms with Crippen molar-refractivity contribution in [1.82, 2.24) is 9.21 Å². The van der Waals surface area contributed by atoms with Crippen LogP contribution in [0.25, 0.3) is 6.08 Å². The summed E-state index contributed by atoms with van der Waals surface area (Å²) in [7, 11) is -1.65. The molecule has 0 N–H and O–H groups in total. The molecule has 2 aromatic carbocycles. The lowest BCUT2D eigenvalue weighted by Gasteiger charge is -2.32. The van der Waals surface area contributed by atoms with Gasteiger partial charge in [0.2, 0.25) is 15.9 Å². The van der Waals surface area contributed by atoms with E-state index < -0.39 is 10.0 Å². The molecular formula is C24H30N2O3S. The monoisotopic (exact) mass is 426 g/mol. The van der Waals surface area contributed by atoms with Crippen LogP contribution in [0.2, 0.25) is 0 Å². The van der Waals surface area contributed by atoms with Crippen LogP contribution in [0, 0.1) is 19.8 Å². The van der Waals surface area contributed by atoms with E-state index in [0.717, 1.165) is 11.1 Å². The summed E-state index contributed by atoms with van der Waals surface area (Å²) in [5, 5.41) is 1.26. The number of nitrogens with zero attached hydrogens (tertiary/aromatic N) is 2. The van der Waals surface area contributed by atoms with Crippen molar-refractivity contribution < 1.29 is 13.2 Å². The number of amides is 1. The number of aryl methyl sites for hydroxylation is 2. The van der Waals surface area contributed by atoms with Gasteiger partial charge in [0, 0.05) is 38.0 Å². The zero-order valence-corrected chi connectivity index (χ0v) is 18.7. The maximum atomic E-state index is 12.9. The van der Waals surface area contributed by atoms with Crippen LogP contribution in [-0.2, 0) is 21.4 Å². The van der Waals surface area contributed by atoms with Crippen molar-refractivity contribution in [2.24, 2.45) is 5.92 Å². The molecule has 0 atom stereocenters. The SMILES string of the molecule is Cc1ccc(CN(C)C(=O)C2CCN(S(=O)(=O)/C=C/c3ccccc3)CC2)c(C)c1. The van der Waals surface area contributed by atoms with Gasteiger partial charge in [-0.1, -0.05) is 54.1 Å². The highest BCUT2D eigenvalue weighted by Crippen LogP contribution is 2.23. The maximum absolute atomic E-state index is 12.9. The summed E-state index contributed by atoms with van der Waals surface area (Å²) in [5.74, 6) is -0.0443. The molecule has 0 saturated carbocycles. The molecule has 160 valence electrons. The van der Waals surface area contributed by atoms with E-state index in [9.17, 15) is 13.2 Å². The minimum atomic E-state index is -3.48. The highest BCUT2D eigenvalue weighted by molar-refractivity contribution is 7.92. The fourth-order valence-electron chi connectivity index (χ4n) is 3.84. The van der Waals surface area contributed by atoms with E-state index in [-0.39, 0.29) is 11.8 Å². The summed E-state index contributed by atoms with van der Waals surface area (Å²) in [6.07, 6.45) is 2.72. The Morgan fingerprint density at radius 3 is 2.40 bits per heavy atom. The Balaban J connectivity index is 1.56. The molecule has 1 saturated heterocycles. The molecule has 0 unspecified atom stereocenters. The van der Waals surface area contributed by atoms with Crippen LogP contribution in [0.3, 0.4) is 0 Å². The quantitative estimate of drug-likeness (QED) is 0.702. The normalized spacial score (nSPS) is 16.1. The fourth-order valence-corrected chi connectivity index (χ4v) is 5.06. The minimum absolute atomic E-state index is 0.0897. The van der Waals surface area contributed by atoms with Crippen molar-refractivity contribution in [2.75, 3.05) is 20.1 Å². The minimum Gasteiger partial charge on any atom is -0.341 e. The van der Waals surface area contributed by atoms with Crippen LogP contribution in [-0.4, -0.2) is 43.7 Å². The summed E-state index contributed by atoms with van der Waals surface area (Å²) in [5.41, 5.74) is 4.38. The zero-order chi connectivity index (χ0) is 21.7. The smallest absolute Gasteiger partial charge is 0.236 e. The van der Waals surface area contributed by atoms with Gasteiger partial charge in [-0.15, -0.1) is 0 Å². The number of hydrogen-bond donors (Lipinski definition) is 0. The van der Waals surface area contributed by atoms with Gasteiger partial charge in [0.25, 0.3) is 0 Å². The zero-order valence-electron chi connectivity index (χ0n) is 17.9. The van der Waals surface area contributed by atoms with Gasteiger partial charge in [0.05, 0.1) is 0 Å². The molecule has 1 fully saturated rings. The molecule has 30 heavy (non-hydrogen) atoms. The summed E-state index contributed by atoms with van der Waals surface area (Å²) >= 11 is 0. The maximum Gasteiger partial charge on any atom is 0.236 e. The lowest BCUT2D eigenvalue weighted by atomic mass is 9.96. The first kappa shape index (κ1) is 22.2. The predicted octanol–water partition coefficient (Wildman–Crippen LogP) is 3.97. The summed E-state index contributed by atoms with van der Waals surface area (Å²) in [6, 6.07) is 15.6. The average Bonchev–Trinajstić information content (AvgIpc) is 2.74. The molecular weight excluding hydrogens is 396 g/mol. The summed E-state index contributed by atoms with van der Waals surface area (Å²) < 4.78 is 26.7. The number of hydrogen-bond acceptors (Lipinski definition) is 3. The first-order chi connectivity index (χ1) is 14.3. The van der Waals surface area contributed by atoms with E-state index in [1.807, 2.05) is 37.4 Å². The molecule has 2 aromatic rings. The van der Waals surface area contributed by atoms with Crippen LogP contribution in [0.4, 0.5) is 0 Å². The van der Waals surface area contributed by atoms with E-state index >= 15 is 0 Å². The number of rotatable bonds is 6. The highest BCUT2D eigenvalue weighted by atomic mass is 32.2. The Morgan fingerprint density at radius 2 is 1.77 bits per heavy atom. The highest BCUT2D eigenvalue weighted by Gasteiger charge is 2.31. The molecule has 1 aliphatic heterocycles. The van der Waals surface area contributed by atoms with E-state index in [4.69, 9.17) is 0 Å². The van der Waals surface area contributed by atoms with Crippen molar-refractivity contribution in [3.8, 4) is 0 Å². The number of carbonyl (C=O) groups is 1.